The van der Waals surface area contributed by atoms with Gasteiger partial charge in [-0.1, -0.05) is 0 Å². The minimum Gasteiger partial charge on any atom is -0.726 e. The number of rotatable bonds is 1. The summed E-state index contributed by atoms with van der Waals surface area (Å²) in [5.74, 6) is 1.24. The van der Waals surface area contributed by atoms with Crippen molar-refractivity contribution in [2.24, 2.45) is 7.05 Å². The second-order valence-electron chi connectivity index (χ2n) is 6.10. The van der Waals surface area contributed by atoms with Crippen molar-refractivity contribution in [1.29, 1.82) is 0 Å². The third kappa shape index (κ3) is 3.99. The smallest absolute Gasteiger partial charge is 0.341 e. The second-order valence-corrected chi connectivity index (χ2v) is 7.25. The van der Waals surface area contributed by atoms with E-state index in [-0.39, 0.29) is 0 Å². The van der Waals surface area contributed by atoms with Crippen LogP contribution >= 0.6 is 0 Å². The maximum absolute atomic E-state index is 12.6. The topological polar surface area (TPSA) is 92.3 Å². The Bertz CT molecular complexity index is 739. The van der Waals surface area contributed by atoms with Crippen LogP contribution in [0.25, 0.3) is 0 Å². The normalized spacial score (nSPS) is 20.1. The van der Waals surface area contributed by atoms with E-state index in [2.05, 4.69) is 27.3 Å². The molecule has 1 unspecified atom stereocenters. The Morgan fingerprint density at radius 3 is 2.43 bits per heavy atom. The lowest BCUT2D eigenvalue weighted by Gasteiger charge is -2.24. The van der Waals surface area contributed by atoms with Gasteiger partial charge >= 0.3 is 5.56 Å². The van der Waals surface area contributed by atoms with Gasteiger partial charge in [0, 0.05) is 12.8 Å². The molecular formula is C15H24N2O5S. The fourth-order valence-electron chi connectivity index (χ4n) is 3.50. The van der Waals surface area contributed by atoms with Crippen molar-refractivity contribution in [3.8, 4) is 0 Å². The van der Waals surface area contributed by atoms with Crippen molar-refractivity contribution in [2.75, 3.05) is 7.11 Å². The van der Waals surface area contributed by atoms with Crippen molar-refractivity contribution in [3.05, 3.63) is 27.4 Å². The molecule has 2 heterocycles. The van der Waals surface area contributed by atoms with Crippen molar-refractivity contribution in [3.63, 3.8) is 0 Å². The predicted molar refractivity (Wildman–Crippen MR) is 82.9 cm³/mol. The first-order valence-corrected chi connectivity index (χ1v) is 9.26. The van der Waals surface area contributed by atoms with Gasteiger partial charge in [0.05, 0.1) is 19.7 Å². The average Bonchev–Trinajstić information content (AvgIpc) is 2.52. The Labute approximate surface area is 136 Å². The monoisotopic (exact) mass is 344 g/mol. The highest BCUT2D eigenvalue weighted by molar-refractivity contribution is 7.80. The number of aromatic nitrogens is 2. The summed E-state index contributed by atoms with van der Waals surface area (Å²) in [6.45, 7) is 2.18. The Kier molecular flexibility index (Phi) is 5.59. The van der Waals surface area contributed by atoms with Gasteiger partial charge in [-0.15, -0.1) is 0 Å². The van der Waals surface area contributed by atoms with Crippen LogP contribution in [0.3, 0.4) is 0 Å². The summed E-state index contributed by atoms with van der Waals surface area (Å²) in [5, 5.41) is 0. The molecule has 0 bridgehead atoms. The van der Waals surface area contributed by atoms with Crippen molar-refractivity contribution >= 4 is 10.4 Å². The van der Waals surface area contributed by atoms with Gasteiger partial charge in [-0.2, -0.15) is 4.57 Å². The minimum absolute atomic E-state index is 0.306. The zero-order chi connectivity index (χ0) is 17.2. The molecule has 130 valence electrons. The van der Waals surface area contributed by atoms with Gasteiger partial charge in [0.15, 0.2) is 0 Å². The molecule has 0 amide bonds. The first-order valence-electron chi connectivity index (χ1n) is 7.93. The molecule has 8 heteroatoms. The summed E-state index contributed by atoms with van der Waals surface area (Å²) < 4.78 is 35.4. The molecule has 0 radical (unpaired) electrons. The number of hydrogen-bond acceptors (Lipinski definition) is 5. The molecule has 0 spiro atoms. The maximum atomic E-state index is 12.6. The van der Waals surface area contributed by atoms with E-state index >= 15 is 0 Å². The zero-order valence-corrected chi connectivity index (χ0v) is 14.7. The van der Waals surface area contributed by atoms with Gasteiger partial charge in [-0.25, -0.2) is 17.8 Å². The molecule has 0 fully saturated rings. The molecule has 7 nitrogen and oxygen atoms in total. The maximum Gasteiger partial charge on any atom is 0.341 e. The van der Waals surface area contributed by atoms with Gasteiger partial charge in [0.1, 0.15) is 11.7 Å². The van der Waals surface area contributed by atoms with Crippen LogP contribution in [0.5, 0.6) is 0 Å². The molecule has 3 rings (SSSR count). The van der Waals surface area contributed by atoms with Crippen LogP contribution < -0.4 is 10.1 Å². The highest BCUT2D eigenvalue weighted by Gasteiger charge is 2.32. The van der Waals surface area contributed by atoms with E-state index in [9.17, 15) is 17.8 Å². The predicted octanol–water partition coefficient (Wildman–Crippen LogP) is 0.542. The van der Waals surface area contributed by atoms with Crippen LogP contribution in [0.2, 0.25) is 0 Å². The Hall–Kier alpha value is -1.25. The summed E-state index contributed by atoms with van der Waals surface area (Å²) >= 11 is 0. The number of fused-ring (bicyclic) bond motifs is 2. The number of hydrogen-bond donors (Lipinski definition) is 0. The van der Waals surface area contributed by atoms with Crippen LogP contribution in [-0.4, -0.2) is 24.6 Å². The fraction of sp³-hybridized carbons (Fsp3) is 0.733. The highest BCUT2D eigenvalue weighted by Crippen LogP contribution is 2.23. The Morgan fingerprint density at radius 2 is 1.83 bits per heavy atom. The van der Waals surface area contributed by atoms with Crippen molar-refractivity contribution < 1.29 is 21.7 Å². The van der Waals surface area contributed by atoms with Crippen LogP contribution in [0.4, 0.5) is 0 Å². The minimum atomic E-state index is -4.41. The van der Waals surface area contributed by atoms with Gasteiger partial charge in [-0.3, -0.25) is 4.18 Å². The van der Waals surface area contributed by atoms with E-state index in [0.717, 1.165) is 38.4 Å². The van der Waals surface area contributed by atoms with E-state index < -0.39 is 10.4 Å². The SMILES string of the molecule is CC1CCCc2n1c(=O)c1c([n+]2C)CCCC1.COS(=O)(=O)[O-]. The molecule has 0 saturated carbocycles. The lowest BCUT2D eigenvalue weighted by molar-refractivity contribution is -0.693. The largest absolute Gasteiger partial charge is 0.726 e. The first-order chi connectivity index (χ1) is 10.8. The summed E-state index contributed by atoms with van der Waals surface area (Å²) in [4.78, 5) is 12.6. The molecule has 1 aliphatic carbocycles. The average molecular weight is 344 g/mol. The Morgan fingerprint density at radius 1 is 1.22 bits per heavy atom. The second kappa shape index (κ2) is 7.11. The number of nitrogens with zero attached hydrogens (tertiary/aromatic N) is 2. The van der Waals surface area contributed by atoms with E-state index in [4.69, 9.17) is 0 Å². The lowest BCUT2D eigenvalue weighted by Crippen LogP contribution is -2.51. The van der Waals surface area contributed by atoms with E-state index in [1.165, 1.54) is 30.8 Å². The van der Waals surface area contributed by atoms with Crippen molar-refractivity contribution in [1.82, 2.24) is 4.57 Å². The van der Waals surface area contributed by atoms with E-state index in [1.54, 1.807) is 0 Å². The molecule has 2 aliphatic rings. The summed E-state index contributed by atoms with van der Waals surface area (Å²) in [5.41, 5.74) is 2.71. The molecule has 1 aromatic heterocycles. The molecule has 23 heavy (non-hydrogen) atoms. The molecule has 0 aromatic carbocycles. The third-order valence-corrected chi connectivity index (χ3v) is 5.06. The standard InChI is InChI=1S/C14H21N2O.CH4O4S/c1-10-6-5-9-13-15(2)12-8-4-3-7-11(12)14(17)16(10)13;1-5-6(2,3)4/h10H,3-9H2,1-2H3;1H3,(H,2,3,4)/q+1;/p-1. The van der Waals surface area contributed by atoms with Crippen LogP contribution in [0, 0.1) is 0 Å². The lowest BCUT2D eigenvalue weighted by atomic mass is 9.95. The summed E-state index contributed by atoms with van der Waals surface area (Å²) in [7, 11) is -1.46. The van der Waals surface area contributed by atoms with Crippen LogP contribution in [0.15, 0.2) is 4.79 Å². The molecular weight excluding hydrogens is 320 g/mol. The molecule has 0 saturated heterocycles. The van der Waals surface area contributed by atoms with E-state index in [1.807, 2.05) is 0 Å². The van der Waals surface area contributed by atoms with E-state index in [0.29, 0.717) is 11.6 Å². The van der Waals surface area contributed by atoms with Gasteiger partial charge in [-0.05, 0) is 39.0 Å². The summed E-state index contributed by atoms with van der Waals surface area (Å²) in [6, 6.07) is 0.379. The highest BCUT2D eigenvalue weighted by atomic mass is 32.3. The Balaban J connectivity index is 0.000000277. The first kappa shape index (κ1) is 18.1. The van der Waals surface area contributed by atoms with Crippen LogP contribution in [0.1, 0.15) is 55.7 Å². The quantitative estimate of drug-likeness (QED) is 0.421. The fourth-order valence-corrected chi connectivity index (χ4v) is 3.50. The van der Waals surface area contributed by atoms with Gasteiger partial charge < -0.3 is 4.55 Å². The van der Waals surface area contributed by atoms with Gasteiger partial charge in [0.2, 0.25) is 10.4 Å². The summed E-state index contributed by atoms with van der Waals surface area (Å²) in [6.07, 6.45) is 7.90. The molecule has 0 N–H and O–H groups in total. The van der Waals surface area contributed by atoms with Crippen molar-refractivity contribution in [2.45, 2.75) is 57.9 Å². The molecule has 1 aliphatic heterocycles. The molecule has 1 atom stereocenters. The van der Waals surface area contributed by atoms with Crippen LogP contribution in [-0.2, 0) is 40.9 Å². The third-order valence-electron chi connectivity index (χ3n) is 4.65. The molecule has 1 aromatic rings. The zero-order valence-electron chi connectivity index (χ0n) is 13.9. The van der Waals surface area contributed by atoms with Gasteiger partial charge in [0.25, 0.3) is 5.82 Å².